The summed E-state index contributed by atoms with van der Waals surface area (Å²) >= 11 is 0. The first kappa shape index (κ1) is 21.6. The lowest BCUT2D eigenvalue weighted by Crippen LogP contribution is -2.17. The molecule has 31 heavy (non-hydrogen) atoms. The molecule has 3 aromatic rings. The minimum absolute atomic E-state index is 0.0962. The molecule has 6 nitrogen and oxygen atoms in total. The first-order valence-electron chi connectivity index (χ1n) is 9.95. The molecule has 0 aliphatic heterocycles. The molecule has 0 saturated heterocycles. The zero-order valence-corrected chi connectivity index (χ0v) is 18.9. The fourth-order valence-electron chi connectivity index (χ4n) is 3.73. The molecule has 162 valence electrons. The Kier molecular flexibility index (Phi) is 5.94. The number of sulfone groups is 1. The second-order valence-corrected chi connectivity index (χ2v) is 11.5. The maximum Gasteiger partial charge on any atom is 0.198 e. The average Bonchev–Trinajstić information content (AvgIpc) is 3.47. The van der Waals surface area contributed by atoms with Gasteiger partial charge >= 0.3 is 0 Å². The summed E-state index contributed by atoms with van der Waals surface area (Å²) in [7, 11) is -4.75. The van der Waals surface area contributed by atoms with Crippen LogP contribution in [0.25, 0.3) is 0 Å². The van der Waals surface area contributed by atoms with Crippen molar-refractivity contribution in [3.05, 3.63) is 82.7 Å². The topological polar surface area (TPSA) is 94.3 Å². The van der Waals surface area contributed by atoms with E-state index in [0.29, 0.717) is 32.9 Å². The van der Waals surface area contributed by atoms with Gasteiger partial charge in [-0.1, -0.05) is 35.5 Å². The highest BCUT2D eigenvalue weighted by molar-refractivity contribution is 7.90. The predicted molar refractivity (Wildman–Crippen MR) is 118 cm³/mol. The summed E-state index contributed by atoms with van der Waals surface area (Å²) in [5, 5.41) is 2.99. The van der Waals surface area contributed by atoms with Crippen molar-refractivity contribution in [2.45, 2.75) is 35.3 Å². The van der Waals surface area contributed by atoms with Crippen LogP contribution in [-0.2, 0) is 27.1 Å². The van der Waals surface area contributed by atoms with Gasteiger partial charge in [0.1, 0.15) is 0 Å². The third-order valence-corrected chi connectivity index (χ3v) is 7.93. The number of aromatic nitrogens is 1. The SMILES string of the molecule is CS(=O)c1ccc(C(=O)c2cnoc2C2CC2)c(CC(c2ccccc2)S(C)(=O)=O)c1. The van der Waals surface area contributed by atoms with Crippen molar-refractivity contribution in [3.63, 3.8) is 0 Å². The zero-order valence-electron chi connectivity index (χ0n) is 17.3. The van der Waals surface area contributed by atoms with Crippen molar-refractivity contribution in [1.29, 1.82) is 0 Å². The third kappa shape index (κ3) is 4.70. The highest BCUT2D eigenvalue weighted by atomic mass is 32.2. The molecule has 1 aliphatic carbocycles. The van der Waals surface area contributed by atoms with Crippen molar-refractivity contribution in [2.24, 2.45) is 0 Å². The van der Waals surface area contributed by atoms with Gasteiger partial charge in [0, 0.05) is 39.7 Å². The van der Waals surface area contributed by atoms with Gasteiger partial charge in [-0.2, -0.15) is 0 Å². The second-order valence-electron chi connectivity index (χ2n) is 7.91. The van der Waals surface area contributed by atoms with E-state index in [2.05, 4.69) is 5.16 Å². The maximum atomic E-state index is 13.4. The molecule has 0 spiro atoms. The molecule has 0 amide bonds. The molecule has 1 saturated carbocycles. The molecule has 1 heterocycles. The molecule has 4 rings (SSSR count). The molecule has 0 N–H and O–H groups in total. The summed E-state index contributed by atoms with van der Waals surface area (Å²) in [6.07, 6.45) is 6.19. The number of carbonyl (C=O) groups is 1. The lowest BCUT2D eigenvalue weighted by molar-refractivity contribution is 0.103. The number of carbonyl (C=O) groups excluding carboxylic acids is 1. The molecular weight excluding hydrogens is 434 g/mol. The Morgan fingerprint density at radius 1 is 1.16 bits per heavy atom. The quantitative estimate of drug-likeness (QED) is 0.477. The van der Waals surface area contributed by atoms with Crippen LogP contribution in [-0.4, -0.2) is 36.1 Å². The Hall–Kier alpha value is -2.58. The lowest BCUT2D eigenvalue weighted by Gasteiger charge is -2.18. The summed E-state index contributed by atoms with van der Waals surface area (Å²) in [5.41, 5.74) is 1.98. The minimum Gasteiger partial charge on any atom is -0.360 e. The first-order valence-corrected chi connectivity index (χ1v) is 13.5. The van der Waals surface area contributed by atoms with E-state index in [0.717, 1.165) is 12.8 Å². The smallest absolute Gasteiger partial charge is 0.198 e. The van der Waals surface area contributed by atoms with Crippen molar-refractivity contribution >= 4 is 26.4 Å². The Labute approximate surface area is 184 Å². The monoisotopic (exact) mass is 457 g/mol. The van der Waals surface area contributed by atoms with Crippen LogP contribution in [0.15, 0.2) is 64.1 Å². The van der Waals surface area contributed by atoms with Gasteiger partial charge < -0.3 is 4.52 Å². The zero-order chi connectivity index (χ0) is 22.2. The highest BCUT2D eigenvalue weighted by Gasteiger charge is 2.34. The molecule has 0 radical (unpaired) electrons. The van der Waals surface area contributed by atoms with Crippen LogP contribution in [0.4, 0.5) is 0 Å². The van der Waals surface area contributed by atoms with E-state index in [1.165, 1.54) is 12.5 Å². The fourth-order valence-corrected chi connectivity index (χ4v) is 5.43. The molecule has 2 unspecified atom stereocenters. The fraction of sp³-hybridized carbons (Fsp3) is 0.304. The number of nitrogens with zero attached hydrogens (tertiary/aromatic N) is 1. The van der Waals surface area contributed by atoms with Crippen LogP contribution in [0, 0.1) is 0 Å². The van der Waals surface area contributed by atoms with Crippen LogP contribution in [0.5, 0.6) is 0 Å². The second kappa shape index (κ2) is 8.51. The van der Waals surface area contributed by atoms with E-state index >= 15 is 0 Å². The molecule has 0 bridgehead atoms. The number of hydrogen-bond donors (Lipinski definition) is 0. The summed E-state index contributed by atoms with van der Waals surface area (Å²) in [6.45, 7) is 0. The normalized spacial score (nSPS) is 16.1. The van der Waals surface area contributed by atoms with Crippen LogP contribution >= 0.6 is 0 Å². The van der Waals surface area contributed by atoms with E-state index in [-0.39, 0.29) is 18.1 Å². The molecule has 8 heteroatoms. The largest absolute Gasteiger partial charge is 0.360 e. The Morgan fingerprint density at radius 3 is 2.48 bits per heavy atom. The van der Waals surface area contributed by atoms with Gasteiger partial charge in [-0.15, -0.1) is 0 Å². The average molecular weight is 458 g/mol. The standard InChI is InChI=1S/C23H23NO5S2/c1-30(26)18-10-11-19(22(25)20-14-24-29-23(20)16-8-9-16)17(12-18)13-21(31(2,27)28)15-6-4-3-5-7-15/h3-7,10-12,14,16,21H,8-9,13H2,1-2H3. The number of benzene rings is 2. The molecule has 1 aromatic heterocycles. The Bertz CT molecular complexity index is 1240. The summed E-state index contributed by atoms with van der Waals surface area (Å²) in [5.74, 6) is 0.536. The summed E-state index contributed by atoms with van der Waals surface area (Å²) < 4.78 is 42.7. The van der Waals surface area contributed by atoms with Gasteiger partial charge in [0.2, 0.25) is 0 Å². The molecule has 2 atom stereocenters. The van der Waals surface area contributed by atoms with Gasteiger partial charge in [-0.05, 0) is 48.6 Å². The Balaban J connectivity index is 1.79. The van der Waals surface area contributed by atoms with E-state index in [1.54, 1.807) is 48.7 Å². The van der Waals surface area contributed by atoms with Gasteiger partial charge in [-0.25, -0.2) is 8.42 Å². The van der Waals surface area contributed by atoms with Crippen molar-refractivity contribution < 1.29 is 21.9 Å². The summed E-state index contributed by atoms with van der Waals surface area (Å²) in [6, 6.07) is 13.9. The van der Waals surface area contributed by atoms with Crippen LogP contribution < -0.4 is 0 Å². The number of rotatable bonds is 8. The predicted octanol–water partition coefficient (Wildman–Crippen LogP) is 3.85. The van der Waals surface area contributed by atoms with Crippen LogP contribution in [0.3, 0.4) is 0 Å². The van der Waals surface area contributed by atoms with Gasteiger partial charge in [0.05, 0.1) is 17.0 Å². The summed E-state index contributed by atoms with van der Waals surface area (Å²) in [4.78, 5) is 13.9. The molecule has 1 aliphatic rings. The van der Waals surface area contributed by atoms with Crippen LogP contribution in [0.2, 0.25) is 0 Å². The minimum atomic E-state index is -3.48. The maximum absolute atomic E-state index is 13.4. The number of ketones is 1. The lowest BCUT2D eigenvalue weighted by atomic mass is 9.94. The molecular formula is C23H23NO5S2. The van der Waals surface area contributed by atoms with E-state index in [4.69, 9.17) is 4.52 Å². The number of hydrogen-bond acceptors (Lipinski definition) is 6. The Morgan fingerprint density at radius 2 is 1.87 bits per heavy atom. The van der Waals surface area contributed by atoms with Gasteiger partial charge in [-0.3, -0.25) is 9.00 Å². The molecule has 1 fully saturated rings. The van der Waals surface area contributed by atoms with Crippen molar-refractivity contribution in [3.8, 4) is 0 Å². The van der Waals surface area contributed by atoms with E-state index < -0.39 is 25.9 Å². The molecule has 2 aromatic carbocycles. The van der Waals surface area contributed by atoms with Gasteiger partial charge in [0.25, 0.3) is 0 Å². The third-order valence-electron chi connectivity index (χ3n) is 5.54. The van der Waals surface area contributed by atoms with Crippen LogP contribution in [0.1, 0.15) is 56.8 Å². The van der Waals surface area contributed by atoms with Crippen molar-refractivity contribution in [2.75, 3.05) is 12.5 Å². The first-order chi connectivity index (χ1) is 14.8. The van der Waals surface area contributed by atoms with Crippen molar-refractivity contribution in [1.82, 2.24) is 5.16 Å². The van der Waals surface area contributed by atoms with E-state index in [9.17, 15) is 17.4 Å². The van der Waals surface area contributed by atoms with E-state index in [1.807, 2.05) is 6.07 Å². The highest BCUT2D eigenvalue weighted by Crippen LogP contribution is 2.42. The van der Waals surface area contributed by atoms with Gasteiger partial charge in [0.15, 0.2) is 21.4 Å².